The van der Waals surface area contributed by atoms with E-state index in [1.54, 1.807) is 0 Å². The Labute approximate surface area is 125 Å². The molecule has 3 aromatic rings. The summed E-state index contributed by atoms with van der Waals surface area (Å²) in [6.45, 7) is 3.18. The van der Waals surface area contributed by atoms with Crippen molar-refractivity contribution in [1.82, 2.24) is 4.57 Å². The van der Waals surface area contributed by atoms with Gasteiger partial charge in [-0.1, -0.05) is 24.3 Å². The summed E-state index contributed by atoms with van der Waals surface area (Å²) in [6.07, 6.45) is 2.13. The smallest absolute Gasteiger partial charge is 0.122 e. The van der Waals surface area contributed by atoms with Crippen LogP contribution in [-0.4, -0.2) is 4.57 Å². The molecule has 0 fully saturated rings. The van der Waals surface area contributed by atoms with Crippen LogP contribution in [0.4, 0.5) is 0 Å². The van der Waals surface area contributed by atoms with Crippen LogP contribution in [0.2, 0.25) is 0 Å². The van der Waals surface area contributed by atoms with Crippen LogP contribution in [0, 0.1) is 6.92 Å². The summed E-state index contributed by atoms with van der Waals surface area (Å²) in [6, 6.07) is 14.4. The van der Waals surface area contributed by atoms with E-state index in [0.29, 0.717) is 13.2 Å². The summed E-state index contributed by atoms with van der Waals surface area (Å²) in [5.74, 6) is 0.935. The standard InChI is InChI=1S/C18H20N2O/c1-13-5-3-4-6-18(13)21-12-15-11-20(2)17-8-7-14(10-19)9-16(15)17/h3-9,11H,10,12,19H2,1-2H3. The van der Waals surface area contributed by atoms with Gasteiger partial charge < -0.3 is 15.0 Å². The summed E-state index contributed by atoms with van der Waals surface area (Å²) >= 11 is 0. The van der Waals surface area contributed by atoms with Crippen LogP contribution in [0.15, 0.2) is 48.7 Å². The second-order valence-corrected chi connectivity index (χ2v) is 5.38. The van der Waals surface area contributed by atoms with Crippen molar-refractivity contribution < 1.29 is 4.74 Å². The lowest BCUT2D eigenvalue weighted by atomic mass is 10.1. The maximum Gasteiger partial charge on any atom is 0.122 e. The van der Waals surface area contributed by atoms with Crippen LogP contribution in [0.1, 0.15) is 16.7 Å². The number of para-hydroxylation sites is 1. The van der Waals surface area contributed by atoms with Crippen molar-refractivity contribution in [3.05, 3.63) is 65.4 Å². The third kappa shape index (κ3) is 2.65. The van der Waals surface area contributed by atoms with Crippen LogP contribution < -0.4 is 10.5 Å². The second-order valence-electron chi connectivity index (χ2n) is 5.38. The molecule has 3 rings (SSSR count). The molecule has 0 saturated heterocycles. The summed E-state index contributed by atoms with van der Waals surface area (Å²) in [5, 5.41) is 1.22. The quantitative estimate of drug-likeness (QED) is 0.794. The molecule has 21 heavy (non-hydrogen) atoms. The van der Waals surface area contributed by atoms with Gasteiger partial charge in [0.2, 0.25) is 0 Å². The predicted octanol–water partition coefficient (Wildman–Crippen LogP) is 3.52. The summed E-state index contributed by atoms with van der Waals surface area (Å²) in [5.41, 5.74) is 10.4. The van der Waals surface area contributed by atoms with E-state index in [1.165, 1.54) is 16.5 Å². The Bertz CT molecular complexity index is 774. The minimum absolute atomic E-state index is 0.558. The molecule has 0 aliphatic heterocycles. The SMILES string of the molecule is Cc1ccccc1OCc1cn(C)c2ccc(CN)cc12. The molecule has 108 valence electrons. The first kappa shape index (κ1) is 13.7. The predicted molar refractivity (Wildman–Crippen MR) is 86.3 cm³/mol. The molecule has 0 saturated carbocycles. The van der Waals surface area contributed by atoms with Gasteiger partial charge in [-0.05, 0) is 36.2 Å². The number of nitrogens with two attached hydrogens (primary N) is 1. The molecule has 2 aromatic carbocycles. The molecule has 3 heteroatoms. The van der Waals surface area contributed by atoms with Gasteiger partial charge in [-0.15, -0.1) is 0 Å². The topological polar surface area (TPSA) is 40.2 Å². The Hall–Kier alpha value is -2.26. The lowest BCUT2D eigenvalue weighted by molar-refractivity contribution is 0.305. The van der Waals surface area contributed by atoms with Gasteiger partial charge in [-0.2, -0.15) is 0 Å². The Morgan fingerprint density at radius 1 is 1.14 bits per heavy atom. The van der Waals surface area contributed by atoms with E-state index in [4.69, 9.17) is 10.5 Å². The number of ether oxygens (including phenoxy) is 1. The minimum Gasteiger partial charge on any atom is -0.489 e. The molecule has 0 spiro atoms. The molecular formula is C18H20N2O. The van der Waals surface area contributed by atoms with Crippen LogP contribution in [0.5, 0.6) is 5.75 Å². The molecule has 0 amide bonds. The fraction of sp³-hybridized carbons (Fsp3) is 0.222. The van der Waals surface area contributed by atoms with E-state index < -0.39 is 0 Å². The van der Waals surface area contributed by atoms with E-state index in [0.717, 1.165) is 16.9 Å². The molecule has 3 nitrogen and oxygen atoms in total. The molecule has 0 unspecified atom stereocenters. The van der Waals surface area contributed by atoms with E-state index in [2.05, 4.69) is 49.0 Å². The molecule has 0 aliphatic carbocycles. The highest BCUT2D eigenvalue weighted by atomic mass is 16.5. The third-order valence-corrected chi connectivity index (χ3v) is 3.85. The fourth-order valence-corrected chi connectivity index (χ4v) is 2.64. The van der Waals surface area contributed by atoms with E-state index >= 15 is 0 Å². The van der Waals surface area contributed by atoms with Crippen LogP contribution in [0.3, 0.4) is 0 Å². The minimum atomic E-state index is 0.558. The van der Waals surface area contributed by atoms with Crippen molar-refractivity contribution in [3.63, 3.8) is 0 Å². The summed E-state index contributed by atoms with van der Waals surface area (Å²) in [4.78, 5) is 0. The average molecular weight is 280 g/mol. The van der Waals surface area contributed by atoms with Gasteiger partial charge in [0.05, 0.1) is 0 Å². The lowest BCUT2D eigenvalue weighted by Gasteiger charge is -2.08. The zero-order valence-corrected chi connectivity index (χ0v) is 12.5. The zero-order valence-electron chi connectivity index (χ0n) is 12.5. The van der Waals surface area contributed by atoms with Crippen molar-refractivity contribution in [3.8, 4) is 5.75 Å². The Kier molecular flexibility index (Phi) is 3.67. The Balaban J connectivity index is 1.92. The Morgan fingerprint density at radius 3 is 2.71 bits per heavy atom. The lowest BCUT2D eigenvalue weighted by Crippen LogP contribution is -1.97. The molecule has 0 radical (unpaired) electrons. The third-order valence-electron chi connectivity index (χ3n) is 3.85. The van der Waals surface area contributed by atoms with Gasteiger partial charge in [0, 0.05) is 36.3 Å². The fourth-order valence-electron chi connectivity index (χ4n) is 2.64. The van der Waals surface area contributed by atoms with Gasteiger partial charge in [0.15, 0.2) is 0 Å². The monoisotopic (exact) mass is 280 g/mol. The molecular weight excluding hydrogens is 260 g/mol. The highest BCUT2D eigenvalue weighted by molar-refractivity contribution is 5.84. The van der Waals surface area contributed by atoms with Crippen LogP contribution in [-0.2, 0) is 20.2 Å². The second kappa shape index (κ2) is 5.62. The van der Waals surface area contributed by atoms with Crippen LogP contribution in [0.25, 0.3) is 10.9 Å². The first-order valence-corrected chi connectivity index (χ1v) is 7.14. The van der Waals surface area contributed by atoms with Gasteiger partial charge >= 0.3 is 0 Å². The average Bonchev–Trinajstić information content (AvgIpc) is 2.82. The molecule has 0 atom stereocenters. The normalized spacial score (nSPS) is 11.0. The molecule has 0 bridgehead atoms. The Morgan fingerprint density at radius 2 is 1.95 bits per heavy atom. The van der Waals surface area contributed by atoms with E-state index in [1.807, 2.05) is 18.2 Å². The number of rotatable bonds is 4. The summed E-state index contributed by atoms with van der Waals surface area (Å²) < 4.78 is 8.10. The first-order chi connectivity index (χ1) is 10.2. The van der Waals surface area contributed by atoms with Crippen molar-refractivity contribution in [2.75, 3.05) is 0 Å². The number of nitrogens with zero attached hydrogens (tertiary/aromatic N) is 1. The highest BCUT2D eigenvalue weighted by Crippen LogP contribution is 2.24. The number of hydrogen-bond acceptors (Lipinski definition) is 2. The van der Waals surface area contributed by atoms with Gasteiger partial charge in [0.25, 0.3) is 0 Å². The first-order valence-electron chi connectivity index (χ1n) is 7.14. The molecule has 1 aromatic heterocycles. The largest absolute Gasteiger partial charge is 0.489 e. The highest BCUT2D eigenvalue weighted by Gasteiger charge is 2.08. The number of fused-ring (bicyclic) bond motifs is 1. The van der Waals surface area contributed by atoms with Crippen molar-refractivity contribution in [1.29, 1.82) is 0 Å². The molecule has 0 aliphatic rings. The number of aromatic nitrogens is 1. The number of benzene rings is 2. The number of aryl methyl sites for hydroxylation is 2. The summed E-state index contributed by atoms with van der Waals surface area (Å²) in [7, 11) is 2.06. The van der Waals surface area contributed by atoms with Crippen LogP contribution >= 0.6 is 0 Å². The maximum atomic E-state index is 5.97. The van der Waals surface area contributed by atoms with E-state index in [-0.39, 0.29) is 0 Å². The zero-order chi connectivity index (χ0) is 14.8. The van der Waals surface area contributed by atoms with Gasteiger partial charge in [-0.25, -0.2) is 0 Å². The van der Waals surface area contributed by atoms with E-state index in [9.17, 15) is 0 Å². The van der Waals surface area contributed by atoms with Crippen molar-refractivity contribution in [2.24, 2.45) is 12.8 Å². The number of hydrogen-bond donors (Lipinski definition) is 1. The molecule has 1 heterocycles. The van der Waals surface area contributed by atoms with Crippen molar-refractivity contribution in [2.45, 2.75) is 20.1 Å². The van der Waals surface area contributed by atoms with Gasteiger partial charge in [0.1, 0.15) is 12.4 Å². The molecule has 2 N–H and O–H groups in total. The van der Waals surface area contributed by atoms with Gasteiger partial charge in [-0.3, -0.25) is 0 Å². The van der Waals surface area contributed by atoms with Crippen molar-refractivity contribution >= 4 is 10.9 Å². The maximum absolute atomic E-state index is 5.97.